The Morgan fingerprint density at radius 2 is 1.58 bits per heavy atom. The number of fused-ring (bicyclic) bond motifs is 1. The van der Waals surface area contributed by atoms with Crippen molar-refractivity contribution < 1.29 is 0 Å². The van der Waals surface area contributed by atoms with Gasteiger partial charge in [-0.15, -0.1) is 0 Å². The molecule has 2 unspecified atom stereocenters. The molecule has 0 aliphatic heterocycles. The van der Waals surface area contributed by atoms with Crippen LogP contribution in [0.1, 0.15) is 54.6 Å². The first-order valence-electron chi connectivity index (χ1n) is 9.09. The van der Waals surface area contributed by atoms with E-state index in [0.717, 1.165) is 32.6 Å². The highest BCUT2D eigenvalue weighted by Crippen LogP contribution is 2.37. The molecule has 0 saturated carbocycles. The largest absolute Gasteiger partial charge is 0.324 e. The molecule has 0 fully saturated rings. The number of nitrogens with zero attached hydrogens (tertiary/aromatic N) is 1. The van der Waals surface area contributed by atoms with Crippen molar-refractivity contribution in [2.24, 2.45) is 5.73 Å². The van der Waals surface area contributed by atoms with Crippen LogP contribution in [0.2, 0.25) is 0 Å². The second kappa shape index (κ2) is 7.93. The lowest BCUT2D eigenvalue weighted by Crippen LogP contribution is -2.22. The Balaban J connectivity index is 1.58. The van der Waals surface area contributed by atoms with Gasteiger partial charge in [-0.05, 0) is 41.8 Å². The predicted octanol–water partition coefficient (Wildman–Crippen LogP) is 3.76. The molecule has 0 saturated heterocycles. The monoisotopic (exact) mass is 323 g/mol. The highest BCUT2D eigenvalue weighted by Gasteiger charge is 2.27. The van der Waals surface area contributed by atoms with E-state index in [1.807, 2.05) is 0 Å². The quantitative estimate of drug-likeness (QED) is 0.815. The zero-order valence-corrected chi connectivity index (χ0v) is 14.8. The third kappa shape index (κ3) is 3.86. The molecule has 3 rings (SSSR count). The van der Waals surface area contributed by atoms with Crippen LogP contribution in [-0.2, 0) is 13.1 Å². The summed E-state index contributed by atoms with van der Waals surface area (Å²) in [5, 5.41) is 3.68. The van der Waals surface area contributed by atoms with Crippen LogP contribution in [0.15, 0.2) is 48.5 Å². The van der Waals surface area contributed by atoms with Crippen LogP contribution in [-0.4, -0.2) is 18.0 Å². The molecule has 0 aromatic heterocycles. The van der Waals surface area contributed by atoms with Gasteiger partial charge in [0.1, 0.15) is 0 Å². The molecule has 3 heteroatoms. The summed E-state index contributed by atoms with van der Waals surface area (Å²) in [6, 6.07) is 18.1. The van der Waals surface area contributed by atoms with Crippen LogP contribution in [0, 0.1) is 0 Å². The Morgan fingerprint density at radius 3 is 2.25 bits per heavy atom. The van der Waals surface area contributed by atoms with Crippen molar-refractivity contribution in [1.82, 2.24) is 10.2 Å². The van der Waals surface area contributed by atoms with Gasteiger partial charge >= 0.3 is 0 Å². The molecule has 0 radical (unpaired) electrons. The van der Waals surface area contributed by atoms with E-state index < -0.39 is 0 Å². The van der Waals surface area contributed by atoms with Crippen LogP contribution in [0.4, 0.5) is 0 Å². The summed E-state index contributed by atoms with van der Waals surface area (Å²) in [5.41, 5.74) is 11.6. The number of hydrogen-bond donors (Lipinski definition) is 2. The predicted molar refractivity (Wildman–Crippen MR) is 101 cm³/mol. The van der Waals surface area contributed by atoms with Gasteiger partial charge in [0.05, 0.1) is 0 Å². The van der Waals surface area contributed by atoms with Gasteiger partial charge in [0.2, 0.25) is 0 Å². The number of nitrogens with one attached hydrogen (secondary N) is 1. The van der Waals surface area contributed by atoms with Gasteiger partial charge in [-0.3, -0.25) is 4.90 Å². The first-order valence-corrected chi connectivity index (χ1v) is 9.09. The lowest BCUT2D eigenvalue weighted by molar-refractivity contribution is 0.296. The molecule has 0 bridgehead atoms. The van der Waals surface area contributed by atoms with Crippen LogP contribution in [0.25, 0.3) is 0 Å². The van der Waals surface area contributed by atoms with Gasteiger partial charge in [0.15, 0.2) is 0 Å². The third-order valence-electron chi connectivity index (χ3n) is 5.14. The van der Waals surface area contributed by atoms with Crippen molar-refractivity contribution in [3.63, 3.8) is 0 Å². The fourth-order valence-electron chi connectivity index (χ4n) is 3.58. The van der Waals surface area contributed by atoms with Gasteiger partial charge in [0.25, 0.3) is 0 Å². The van der Waals surface area contributed by atoms with Crippen LogP contribution in [0.5, 0.6) is 0 Å². The molecule has 3 N–H and O–H groups in total. The second-order valence-corrected chi connectivity index (χ2v) is 6.68. The van der Waals surface area contributed by atoms with Gasteiger partial charge in [0, 0.05) is 25.2 Å². The highest BCUT2D eigenvalue weighted by atomic mass is 15.1. The maximum atomic E-state index is 6.25. The first kappa shape index (κ1) is 17.2. The van der Waals surface area contributed by atoms with Gasteiger partial charge < -0.3 is 11.1 Å². The zero-order valence-electron chi connectivity index (χ0n) is 14.8. The van der Waals surface area contributed by atoms with Crippen molar-refractivity contribution in [2.75, 3.05) is 13.1 Å². The minimum Gasteiger partial charge on any atom is -0.324 e. The minimum absolute atomic E-state index is 0.162. The first-order chi connectivity index (χ1) is 11.7. The Labute approximate surface area is 145 Å². The fourth-order valence-corrected chi connectivity index (χ4v) is 3.58. The number of benzene rings is 2. The van der Waals surface area contributed by atoms with Gasteiger partial charge in [-0.25, -0.2) is 0 Å². The molecule has 2 aromatic carbocycles. The molecule has 0 heterocycles. The molecule has 24 heavy (non-hydrogen) atoms. The maximum Gasteiger partial charge on any atom is 0.0344 e. The van der Waals surface area contributed by atoms with Crippen molar-refractivity contribution in [2.45, 2.75) is 45.4 Å². The topological polar surface area (TPSA) is 41.3 Å². The average Bonchev–Trinajstić information content (AvgIpc) is 2.95. The lowest BCUT2D eigenvalue weighted by atomic mass is 10.1. The van der Waals surface area contributed by atoms with Gasteiger partial charge in [-0.1, -0.05) is 62.4 Å². The van der Waals surface area contributed by atoms with E-state index in [0.29, 0.717) is 6.04 Å². The molecular formula is C21H29N3. The number of rotatable bonds is 7. The highest BCUT2D eigenvalue weighted by molar-refractivity contribution is 5.37. The third-order valence-corrected chi connectivity index (χ3v) is 5.14. The van der Waals surface area contributed by atoms with Crippen LogP contribution >= 0.6 is 0 Å². The Hall–Kier alpha value is -1.68. The summed E-state index contributed by atoms with van der Waals surface area (Å²) >= 11 is 0. The van der Waals surface area contributed by atoms with E-state index >= 15 is 0 Å². The van der Waals surface area contributed by atoms with E-state index in [1.54, 1.807) is 0 Å². The number of nitrogens with two attached hydrogens (primary N) is 1. The van der Waals surface area contributed by atoms with E-state index in [4.69, 9.17) is 5.73 Å². The normalized spacial score (nSPS) is 19.7. The lowest BCUT2D eigenvalue weighted by Gasteiger charge is -2.18. The second-order valence-electron chi connectivity index (χ2n) is 6.68. The van der Waals surface area contributed by atoms with E-state index in [1.165, 1.54) is 22.3 Å². The summed E-state index contributed by atoms with van der Waals surface area (Å²) in [4.78, 5) is 2.43. The molecule has 2 atom stereocenters. The summed E-state index contributed by atoms with van der Waals surface area (Å²) in [5.74, 6) is 0. The maximum absolute atomic E-state index is 6.25. The van der Waals surface area contributed by atoms with Crippen LogP contribution < -0.4 is 11.1 Å². The van der Waals surface area contributed by atoms with Gasteiger partial charge in [-0.2, -0.15) is 0 Å². The Kier molecular flexibility index (Phi) is 5.67. The van der Waals surface area contributed by atoms with E-state index in [-0.39, 0.29) is 6.04 Å². The summed E-state index contributed by atoms with van der Waals surface area (Å²) in [6.07, 6.45) is 0.986. The minimum atomic E-state index is 0.162. The molecule has 128 valence electrons. The van der Waals surface area contributed by atoms with Crippen molar-refractivity contribution in [1.29, 1.82) is 0 Å². The fraction of sp³-hybridized carbons (Fsp3) is 0.429. The number of hydrogen-bond acceptors (Lipinski definition) is 3. The molecule has 0 spiro atoms. The summed E-state index contributed by atoms with van der Waals surface area (Å²) < 4.78 is 0. The van der Waals surface area contributed by atoms with Crippen molar-refractivity contribution >= 4 is 0 Å². The Bertz CT molecular complexity index is 646. The molecule has 0 amide bonds. The van der Waals surface area contributed by atoms with Crippen molar-refractivity contribution in [3.05, 3.63) is 70.8 Å². The molecule has 1 aliphatic carbocycles. The van der Waals surface area contributed by atoms with Crippen LogP contribution in [0.3, 0.4) is 0 Å². The van der Waals surface area contributed by atoms with E-state index in [9.17, 15) is 0 Å². The molecule has 3 nitrogen and oxygen atoms in total. The summed E-state index contributed by atoms with van der Waals surface area (Å²) in [6.45, 7) is 8.54. The SMILES string of the molecule is CCN(CC)Cc1ccc(CNC2CC(N)c3ccccc32)cc1. The Morgan fingerprint density at radius 1 is 0.958 bits per heavy atom. The summed E-state index contributed by atoms with van der Waals surface area (Å²) in [7, 11) is 0. The molecule has 2 aromatic rings. The molecular weight excluding hydrogens is 294 g/mol. The molecule has 1 aliphatic rings. The average molecular weight is 323 g/mol. The zero-order chi connectivity index (χ0) is 16.9. The standard InChI is InChI=1S/C21H29N3/c1-3-24(4-2)15-17-11-9-16(10-12-17)14-23-21-13-20(22)18-7-5-6-8-19(18)21/h5-12,20-21,23H,3-4,13-15,22H2,1-2H3. The van der Waals surface area contributed by atoms with E-state index in [2.05, 4.69) is 72.6 Å². The smallest absolute Gasteiger partial charge is 0.0344 e. The van der Waals surface area contributed by atoms with Crippen molar-refractivity contribution in [3.8, 4) is 0 Å².